The Morgan fingerprint density at radius 2 is 1.55 bits per heavy atom. The largest absolute Gasteiger partial charge is 0.497 e. The molecule has 0 aliphatic carbocycles. The molecular formula is C29H35N3O5S. The van der Waals surface area contributed by atoms with Crippen molar-refractivity contribution in [1.82, 2.24) is 10.2 Å². The van der Waals surface area contributed by atoms with Crippen LogP contribution >= 0.6 is 0 Å². The van der Waals surface area contributed by atoms with Crippen molar-refractivity contribution in [2.45, 2.75) is 32.9 Å². The maximum atomic E-state index is 14.0. The van der Waals surface area contributed by atoms with Crippen molar-refractivity contribution < 1.29 is 22.7 Å². The van der Waals surface area contributed by atoms with Crippen LogP contribution in [0.3, 0.4) is 0 Å². The number of carbonyl (C=O) groups is 2. The molecule has 0 aliphatic rings. The van der Waals surface area contributed by atoms with Gasteiger partial charge in [-0.05, 0) is 60.4 Å². The lowest BCUT2D eigenvalue weighted by Gasteiger charge is -2.33. The van der Waals surface area contributed by atoms with Crippen molar-refractivity contribution in [3.63, 3.8) is 0 Å². The quantitative estimate of drug-likeness (QED) is 0.404. The molecule has 3 aromatic carbocycles. The number of amides is 2. The maximum absolute atomic E-state index is 14.0. The molecule has 3 aromatic rings. The first kappa shape index (κ1) is 28.7. The van der Waals surface area contributed by atoms with Crippen molar-refractivity contribution in [2.24, 2.45) is 0 Å². The summed E-state index contributed by atoms with van der Waals surface area (Å²) in [7, 11) is -0.734. The minimum Gasteiger partial charge on any atom is -0.497 e. The molecule has 0 heterocycles. The maximum Gasteiger partial charge on any atom is 0.244 e. The van der Waals surface area contributed by atoms with Crippen LogP contribution in [0.5, 0.6) is 5.75 Å². The van der Waals surface area contributed by atoms with E-state index in [2.05, 4.69) is 5.32 Å². The van der Waals surface area contributed by atoms with Gasteiger partial charge in [0.2, 0.25) is 21.8 Å². The number of methoxy groups -OCH3 is 1. The summed E-state index contributed by atoms with van der Waals surface area (Å²) in [5.41, 5.74) is 3.78. The molecule has 38 heavy (non-hydrogen) atoms. The third-order valence-electron chi connectivity index (χ3n) is 6.18. The van der Waals surface area contributed by atoms with E-state index >= 15 is 0 Å². The van der Waals surface area contributed by atoms with Crippen molar-refractivity contribution >= 4 is 27.5 Å². The second-order valence-electron chi connectivity index (χ2n) is 9.31. The summed E-state index contributed by atoms with van der Waals surface area (Å²) in [6, 6.07) is 21.2. The Morgan fingerprint density at radius 3 is 2.13 bits per heavy atom. The standard InChI is InChI=1S/C29H35N3O5S/c1-21-14-22(2)16-25(15-21)32(38(5,35)36)20-28(33)31(19-24-12-9-13-26(17-24)37-4)27(29(34)30-3)18-23-10-7-6-8-11-23/h6-17,27H,18-20H2,1-5H3,(H,30,34)/t27-/m1/s1. The van der Waals surface area contributed by atoms with Crippen LogP contribution in [0.15, 0.2) is 72.8 Å². The molecule has 1 N–H and O–H groups in total. The SMILES string of the molecule is CNC(=O)[C@@H](Cc1ccccc1)N(Cc1cccc(OC)c1)C(=O)CN(c1cc(C)cc(C)c1)S(C)(=O)=O. The first-order valence-corrected chi connectivity index (χ1v) is 14.1. The highest BCUT2D eigenvalue weighted by Crippen LogP contribution is 2.23. The Hall–Kier alpha value is -3.85. The molecule has 0 saturated carbocycles. The van der Waals surface area contributed by atoms with Crippen LogP contribution in [0.25, 0.3) is 0 Å². The molecule has 3 rings (SSSR count). The minimum absolute atomic E-state index is 0.0887. The van der Waals surface area contributed by atoms with Gasteiger partial charge in [-0.2, -0.15) is 0 Å². The fraction of sp³-hybridized carbons (Fsp3) is 0.310. The zero-order chi connectivity index (χ0) is 27.9. The lowest BCUT2D eigenvalue weighted by molar-refractivity contribution is -0.139. The van der Waals surface area contributed by atoms with E-state index in [9.17, 15) is 18.0 Å². The summed E-state index contributed by atoms with van der Waals surface area (Å²) in [5, 5.41) is 2.67. The molecule has 9 heteroatoms. The van der Waals surface area contributed by atoms with Crippen molar-refractivity contribution in [1.29, 1.82) is 0 Å². The van der Waals surface area contributed by atoms with Gasteiger partial charge in [-0.3, -0.25) is 13.9 Å². The highest BCUT2D eigenvalue weighted by atomic mass is 32.2. The second kappa shape index (κ2) is 12.6. The Bertz CT molecular complexity index is 1360. The van der Waals surface area contributed by atoms with Crippen LogP contribution in [0.2, 0.25) is 0 Å². The number of anilines is 1. The van der Waals surface area contributed by atoms with E-state index in [1.165, 1.54) is 11.9 Å². The molecule has 0 spiro atoms. The van der Waals surface area contributed by atoms with E-state index in [1.54, 1.807) is 37.4 Å². The topological polar surface area (TPSA) is 96.0 Å². The lowest BCUT2D eigenvalue weighted by atomic mass is 10.0. The number of carbonyl (C=O) groups excluding carboxylic acids is 2. The Kier molecular flexibility index (Phi) is 9.52. The number of nitrogens with one attached hydrogen (secondary N) is 1. The summed E-state index contributed by atoms with van der Waals surface area (Å²) in [4.78, 5) is 28.6. The van der Waals surface area contributed by atoms with Crippen molar-refractivity contribution in [3.05, 3.63) is 95.1 Å². The van der Waals surface area contributed by atoms with Crippen LogP contribution < -0.4 is 14.4 Å². The average Bonchev–Trinajstić information content (AvgIpc) is 2.88. The van der Waals surface area contributed by atoms with Gasteiger partial charge in [-0.1, -0.05) is 48.5 Å². The Morgan fingerprint density at radius 1 is 0.921 bits per heavy atom. The summed E-state index contributed by atoms with van der Waals surface area (Å²) in [6.07, 6.45) is 1.34. The highest BCUT2D eigenvalue weighted by Gasteiger charge is 2.32. The van der Waals surface area contributed by atoms with Gasteiger partial charge in [0, 0.05) is 20.0 Å². The zero-order valence-corrected chi connectivity index (χ0v) is 23.3. The summed E-state index contributed by atoms with van der Waals surface area (Å²) in [5.74, 6) is -0.230. The number of aryl methyl sites for hydroxylation is 2. The Labute approximate surface area is 225 Å². The molecule has 0 saturated heterocycles. The van der Waals surface area contributed by atoms with Gasteiger partial charge in [0.25, 0.3) is 0 Å². The molecular weight excluding hydrogens is 502 g/mol. The van der Waals surface area contributed by atoms with Crippen LogP contribution in [-0.2, 0) is 32.6 Å². The predicted molar refractivity (Wildman–Crippen MR) is 150 cm³/mol. The number of ether oxygens (including phenoxy) is 1. The van der Waals surface area contributed by atoms with Crippen molar-refractivity contribution in [2.75, 3.05) is 31.3 Å². The van der Waals surface area contributed by atoms with E-state index in [1.807, 2.05) is 56.3 Å². The van der Waals surface area contributed by atoms with Crippen LogP contribution in [0.1, 0.15) is 22.3 Å². The van der Waals surface area contributed by atoms with E-state index < -0.39 is 28.5 Å². The number of benzene rings is 3. The fourth-order valence-electron chi connectivity index (χ4n) is 4.40. The summed E-state index contributed by atoms with van der Waals surface area (Å²) < 4.78 is 32.2. The normalized spacial score (nSPS) is 11.9. The molecule has 202 valence electrons. The molecule has 8 nitrogen and oxygen atoms in total. The predicted octanol–water partition coefficient (Wildman–Crippen LogP) is 3.46. The molecule has 0 radical (unpaired) electrons. The van der Waals surface area contributed by atoms with Gasteiger partial charge >= 0.3 is 0 Å². The third-order valence-corrected chi connectivity index (χ3v) is 7.32. The van der Waals surface area contributed by atoms with Gasteiger partial charge < -0.3 is 15.0 Å². The first-order chi connectivity index (χ1) is 18.0. The van der Waals surface area contributed by atoms with Crippen LogP contribution in [0, 0.1) is 13.8 Å². The number of likely N-dealkylation sites (N-methyl/N-ethyl adjacent to an activating group) is 1. The molecule has 1 atom stereocenters. The monoisotopic (exact) mass is 537 g/mol. The van der Waals surface area contributed by atoms with Gasteiger partial charge in [0.1, 0.15) is 18.3 Å². The van der Waals surface area contributed by atoms with Gasteiger partial charge in [-0.15, -0.1) is 0 Å². The molecule has 0 fully saturated rings. The van der Waals surface area contributed by atoms with E-state index in [4.69, 9.17) is 4.74 Å². The Balaban J connectivity index is 2.05. The number of rotatable bonds is 11. The molecule has 0 aromatic heterocycles. The average molecular weight is 538 g/mol. The van der Waals surface area contributed by atoms with Gasteiger partial charge in [0.05, 0.1) is 19.1 Å². The van der Waals surface area contributed by atoms with Gasteiger partial charge in [-0.25, -0.2) is 8.42 Å². The molecule has 0 bridgehead atoms. The summed E-state index contributed by atoms with van der Waals surface area (Å²) >= 11 is 0. The minimum atomic E-state index is -3.81. The van der Waals surface area contributed by atoms with Crippen LogP contribution in [0.4, 0.5) is 5.69 Å². The zero-order valence-electron chi connectivity index (χ0n) is 22.5. The van der Waals surface area contributed by atoms with E-state index in [0.717, 1.165) is 32.8 Å². The molecule has 0 aliphatic heterocycles. The van der Waals surface area contributed by atoms with Gasteiger partial charge in [0.15, 0.2) is 0 Å². The second-order valence-corrected chi connectivity index (χ2v) is 11.2. The third kappa shape index (κ3) is 7.58. The lowest BCUT2D eigenvalue weighted by Crippen LogP contribution is -2.52. The van der Waals surface area contributed by atoms with Crippen LogP contribution in [-0.4, -0.2) is 58.1 Å². The number of hydrogen-bond donors (Lipinski definition) is 1. The highest BCUT2D eigenvalue weighted by molar-refractivity contribution is 7.92. The smallest absolute Gasteiger partial charge is 0.244 e. The summed E-state index contributed by atoms with van der Waals surface area (Å²) in [6.45, 7) is 3.38. The van der Waals surface area contributed by atoms with Crippen molar-refractivity contribution in [3.8, 4) is 5.75 Å². The number of nitrogens with zero attached hydrogens (tertiary/aromatic N) is 2. The fourth-order valence-corrected chi connectivity index (χ4v) is 5.23. The number of hydrogen-bond acceptors (Lipinski definition) is 5. The van der Waals surface area contributed by atoms with E-state index in [-0.39, 0.29) is 18.9 Å². The molecule has 2 amide bonds. The first-order valence-electron chi connectivity index (χ1n) is 12.3. The molecule has 0 unspecified atom stereocenters. The van der Waals surface area contributed by atoms with E-state index in [0.29, 0.717) is 11.4 Å². The number of sulfonamides is 1.